The minimum Gasteiger partial charge on any atom is -0.336 e. The van der Waals surface area contributed by atoms with Gasteiger partial charge in [-0.2, -0.15) is 0 Å². The lowest BCUT2D eigenvalue weighted by atomic mass is 9.93. The van der Waals surface area contributed by atoms with Crippen molar-refractivity contribution < 1.29 is 4.79 Å². The summed E-state index contributed by atoms with van der Waals surface area (Å²) in [4.78, 5) is 14.5. The Bertz CT molecular complexity index is 302. The van der Waals surface area contributed by atoms with E-state index in [9.17, 15) is 4.79 Å². The van der Waals surface area contributed by atoms with Gasteiger partial charge in [0.05, 0.1) is 0 Å². The number of rotatable bonds is 5. The third-order valence-corrected chi connectivity index (χ3v) is 4.51. The highest BCUT2D eigenvalue weighted by Gasteiger charge is 2.35. The maximum atomic E-state index is 12.5. The molecule has 0 aromatic carbocycles. The Kier molecular flexibility index (Phi) is 4.44. The predicted molar refractivity (Wildman–Crippen MR) is 74.2 cm³/mol. The molecule has 0 saturated heterocycles. The van der Waals surface area contributed by atoms with Crippen molar-refractivity contribution >= 4 is 5.91 Å². The van der Waals surface area contributed by atoms with E-state index < -0.39 is 0 Å². The molecule has 0 radical (unpaired) electrons. The number of nitrogens with two attached hydrogens (primary N) is 1. The van der Waals surface area contributed by atoms with Crippen LogP contribution in [0.4, 0.5) is 0 Å². The summed E-state index contributed by atoms with van der Waals surface area (Å²) in [7, 11) is 0. The number of nitrogens with zero attached hydrogens (tertiary/aromatic N) is 1. The molecule has 0 unspecified atom stereocenters. The van der Waals surface area contributed by atoms with E-state index in [0.717, 1.165) is 25.7 Å². The average molecular weight is 250 g/mol. The summed E-state index contributed by atoms with van der Waals surface area (Å²) in [6.45, 7) is 4.46. The molecule has 2 N–H and O–H groups in total. The van der Waals surface area contributed by atoms with Crippen molar-refractivity contribution in [1.29, 1.82) is 0 Å². The highest BCUT2D eigenvalue weighted by atomic mass is 16.2. The maximum absolute atomic E-state index is 12.5. The summed E-state index contributed by atoms with van der Waals surface area (Å²) < 4.78 is 0. The predicted octanol–water partition coefficient (Wildman–Crippen LogP) is 2.61. The highest BCUT2D eigenvalue weighted by Crippen LogP contribution is 2.32. The van der Waals surface area contributed by atoms with Crippen molar-refractivity contribution in [2.75, 3.05) is 6.54 Å². The van der Waals surface area contributed by atoms with E-state index in [4.69, 9.17) is 5.73 Å². The summed E-state index contributed by atoms with van der Waals surface area (Å²) >= 11 is 0. The largest absolute Gasteiger partial charge is 0.336 e. The quantitative estimate of drug-likeness (QED) is 0.762. The Balaban J connectivity index is 1.96. The SMILES string of the molecule is C=CCN(C(=O)CC1(N)CCCC1)C1CCCC1. The fraction of sp³-hybridized carbons (Fsp3) is 0.800. The van der Waals surface area contributed by atoms with E-state index in [0.29, 0.717) is 19.0 Å². The molecule has 0 spiro atoms. The standard InChI is InChI=1S/C15H26N2O/c1-2-11-17(13-7-3-4-8-13)14(18)12-15(16)9-5-6-10-15/h2,13H,1,3-12,16H2. The van der Waals surface area contributed by atoms with Gasteiger partial charge in [-0.3, -0.25) is 4.79 Å². The Morgan fingerprint density at radius 2 is 1.89 bits per heavy atom. The van der Waals surface area contributed by atoms with Gasteiger partial charge in [0.1, 0.15) is 0 Å². The normalized spacial score (nSPS) is 23.2. The zero-order chi connectivity index (χ0) is 13.0. The van der Waals surface area contributed by atoms with E-state index >= 15 is 0 Å². The van der Waals surface area contributed by atoms with E-state index in [1.807, 2.05) is 11.0 Å². The van der Waals surface area contributed by atoms with Crippen LogP contribution in [-0.4, -0.2) is 28.9 Å². The lowest BCUT2D eigenvalue weighted by molar-refractivity contribution is -0.134. The van der Waals surface area contributed by atoms with Crippen molar-refractivity contribution in [3.05, 3.63) is 12.7 Å². The molecule has 3 heteroatoms. The van der Waals surface area contributed by atoms with Crippen molar-refractivity contribution in [3.63, 3.8) is 0 Å². The third-order valence-electron chi connectivity index (χ3n) is 4.51. The van der Waals surface area contributed by atoms with Crippen LogP contribution < -0.4 is 5.73 Å². The van der Waals surface area contributed by atoms with Crippen LogP contribution >= 0.6 is 0 Å². The van der Waals surface area contributed by atoms with Crippen molar-refractivity contribution in [1.82, 2.24) is 4.90 Å². The third kappa shape index (κ3) is 3.14. The lowest BCUT2D eigenvalue weighted by Gasteiger charge is -2.32. The number of hydrogen-bond donors (Lipinski definition) is 1. The van der Waals surface area contributed by atoms with E-state index in [2.05, 4.69) is 6.58 Å². The number of hydrogen-bond acceptors (Lipinski definition) is 2. The second-order valence-electron chi connectivity index (χ2n) is 6.02. The number of amides is 1. The lowest BCUT2D eigenvalue weighted by Crippen LogP contribution is -2.46. The van der Waals surface area contributed by atoms with Crippen LogP contribution in [0.25, 0.3) is 0 Å². The summed E-state index contributed by atoms with van der Waals surface area (Å²) in [5.41, 5.74) is 6.09. The van der Waals surface area contributed by atoms with Gasteiger partial charge < -0.3 is 10.6 Å². The first kappa shape index (κ1) is 13.6. The fourth-order valence-electron chi connectivity index (χ4n) is 3.47. The molecule has 0 atom stereocenters. The molecular weight excluding hydrogens is 224 g/mol. The van der Waals surface area contributed by atoms with Gasteiger partial charge in [-0.05, 0) is 25.7 Å². The van der Waals surface area contributed by atoms with Crippen molar-refractivity contribution in [2.24, 2.45) is 5.73 Å². The summed E-state index contributed by atoms with van der Waals surface area (Å²) in [5.74, 6) is 0.242. The van der Waals surface area contributed by atoms with Crippen molar-refractivity contribution in [2.45, 2.75) is 69.4 Å². The topological polar surface area (TPSA) is 46.3 Å². The van der Waals surface area contributed by atoms with Gasteiger partial charge in [0, 0.05) is 24.5 Å². The van der Waals surface area contributed by atoms with Gasteiger partial charge in [-0.1, -0.05) is 31.8 Å². The Hall–Kier alpha value is -0.830. The first-order valence-corrected chi connectivity index (χ1v) is 7.34. The van der Waals surface area contributed by atoms with Crippen LogP contribution in [0.5, 0.6) is 0 Å². The van der Waals surface area contributed by atoms with Gasteiger partial charge in [0.25, 0.3) is 0 Å². The van der Waals surface area contributed by atoms with E-state index in [-0.39, 0.29) is 11.4 Å². The Morgan fingerprint density at radius 3 is 2.44 bits per heavy atom. The maximum Gasteiger partial charge on any atom is 0.224 e. The van der Waals surface area contributed by atoms with Crippen LogP contribution in [-0.2, 0) is 4.79 Å². The molecule has 2 fully saturated rings. The molecule has 3 nitrogen and oxygen atoms in total. The number of carbonyl (C=O) groups excluding carboxylic acids is 1. The molecule has 2 aliphatic rings. The monoisotopic (exact) mass is 250 g/mol. The minimum absolute atomic E-state index is 0.227. The molecule has 0 aromatic rings. The molecule has 0 heterocycles. The van der Waals surface area contributed by atoms with Crippen LogP contribution in [0.2, 0.25) is 0 Å². The van der Waals surface area contributed by atoms with Gasteiger partial charge in [0.2, 0.25) is 5.91 Å². The molecule has 1 amide bonds. The Morgan fingerprint density at radius 1 is 1.28 bits per heavy atom. The van der Waals surface area contributed by atoms with Gasteiger partial charge in [-0.25, -0.2) is 0 Å². The average Bonchev–Trinajstić information content (AvgIpc) is 2.97. The van der Waals surface area contributed by atoms with Crippen LogP contribution in [0.15, 0.2) is 12.7 Å². The van der Waals surface area contributed by atoms with Crippen LogP contribution in [0, 0.1) is 0 Å². The van der Waals surface area contributed by atoms with E-state index in [1.54, 1.807) is 0 Å². The smallest absolute Gasteiger partial charge is 0.224 e. The molecule has 0 bridgehead atoms. The summed E-state index contributed by atoms with van der Waals surface area (Å²) in [6, 6.07) is 0.431. The summed E-state index contributed by atoms with van der Waals surface area (Å²) in [5, 5.41) is 0. The molecule has 2 aliphatic carbocycles. The number of carbonyl (C=O) groups is 1. The molecule has 18 heavy (non-hydrogen) atoms. The molecule has 2 rings (SSSR count). The first-order valence-electron chi connectivity index (χ1n) is 7.34. The first-order chi connectivity index (χ1) is 8.64. The van der Waals surface area contributed by atoms with E-state index in [1.165, 1.54) is 25.7 Å². The van der Waals surface area contributed by atoms with Crippen molar-refractivity contribution in [3.8, 4) is 0 Å². The highest BCUT2D eigenvalue weighted by molar-refractivity contribution is 5.78. The second-order valence-corrected chi connectivity index (χ2v) is 6.02. The van der Waals surface area contributed by atoms with Gasteiger partial charge >= 0.3 is 0 Å². The van der Waals surface area contributed by atoms with Gasteiger partial charge in [-0.15, -0.1) is 6.58 Å². The van der Waals surface area contributed by atoms with Gasteiger partial charge in [0.15, 0.2) is 0 Å². The molecule has 0 aromatic heterocycles. The minimum atomic E-state index is -0.227. The second kappa shape index (κ2) is 5.87. The van der Waals surface area contributed by atoms with Crippen LogP contribution in [0.3, 0.4) is 0 Å². The zero-order valence-electron chi connectivity index (χ0n) is 11.4. The fourth-order valence-corrected chi connectivity index (χ4v) is 3.47. The van der Waals surface area contributed by atoms with Crippen LogP contribution in [0.1, 0.15) is 57.8 Å². The summed E-state index contributed by atoms with van der Waals surface area (Å²) in [6.07, 6.45) is 11.5. The molecular formula is C15H26N2O. The molecule has 0 aliphatic heterocycles. The molecule has 2 saturated carbocycles. The zero-order valence-corrected chi connectivity index (χ0v) is 11.4. The Labute approximate surface area is 110 Å². The molecule has 102 valence electrons.